The van der Waals surface area contributed by atoms with Gasteiger partial charge in [-0.3, -0.25) is 0 Å². The molecule has 6 heteroatoms. The molecule has 0 saturated heterocycles. The van der Waals surface area contributed by atoms with E-state index in [-0.39, 0.29) is 0 Å². The van der Waals surface area contributed by atoms with Crippen LogP contribution in [-0.2, 0) is 6.54 Å². The summed E-state index contributed by atoms with van der Waals surface area (Å²) in [7, 11) is 1.67. The molecule has 0 amide bonds. The summed E-state index contributed by atoms with van der Waals surface area (Å²) < 4.78 is 9.19. The van der Waals surface area contributed by atoms with Crippen LogP contribution in [0.4, 0.5) is 11.5 Å². The van der Waals surface area contributed by atoms with Gasteiger partial charge in [-0.2, -0.15) is 9.67 Å². The average Bonchev–Trinajstić information content (AvgIpc) is 3.20. The van der Waals surface area contributed by atoms with Crippen molar-refractivity contribution in [3.8, 4) is 5.75 Å². The van der Waals surface area contributed by atoms with Crippen LogP contribution >= 0.6 is 0 Å². The first-order valence-electron chi connectivity index (χ1n) is 8.91. The number of aryl methyl sites for hydroxylation is 1. The van der Waals surface area contributed by atoms with Crippen LogP contribution in [0.1, 0.15) is 25.1 Å². The molecule has 1 aliphatic heterocycles. The van der Waals surface area contributed by atoms with Gasteiger partial charge in [-0.25, -0.2) is 9.67 Å². The first-order chi connectivity index (χ1) is 13.1. The Hall–Kier alpha value is -3.41. The second kappa shape index (κ2) is 6.72. The van der Waals surface area contributed by atoms with Crippen LogP contribution in [0.3, 0.4) is 0 Å². The molecule has 0 aliphatic carbocycles. The lowest BCUT2D eigenvalue weighted by Crippen LogP contribution is -2.34. The molecule has 0 saturated carbocycles. The summed E-state index contributed by atoms with van der Waals surface area (Å²) in [5, 5.41) is 4.30. The molecule has 3 heterocycles. The molecule has 0 fully saturated rings. The van der Waals surface area contributed by atoms with E-state index in [9.17, 15) is 0 Å². The standard InChI is InChI=1S/C21H21N5O/c1-4-26-21(22)17(13-23-26)24-19-14(2)20(25-12-6-5-7-18(19)25)15-8-10-16(27-3)11-9-15/h5-13,22H,4H2,1-3H3/p+1. The molecule has 0 spiro atoms. The predicted molar refractivity (Wildman–Crippen MR) is 106 cm³/mol. The van der Waals surface area contributed by atoms with Gasteiger partial charge in [0.25, 0.3) is 0 Å². The van der Waals surface area contributed by atoms with Crippen molar-refractivity contribution in [2.75, 3.05) is 12.8 Å². The summed E-state index contributed by atoms with van der Waals surface area (Å²) in [6, 6.07) is 14.2. The summed E-state index contributed by atoms with van der Waals surface area (Å²) in [6.07, 6.45) is 3.78. The van der Waals surface area contributed by atoms with Crippen LogP contribution in [-0.4, -0.2) is 22.6 Å². The fourth-order valence-corrected chi connectivity index (χ4v) is 3.41. The second-order valence-electron chi connectivity index (χ2n) is 6.35. The highest BCUT2D eigenvalue weighted by molar-refractivity contribution is 6.17. The molecule has 136 valence electrons. The third-order valence-electron chi connectivity index (χ3n) is 4.81. The number of hydrogen-bond donors (Lipinski definition) is 1. The van der Waals surface area contributed by atoms with Gasteiger partial charge in [0, 0.05) is 24.2 Å². The van der Waals surface area contributed by atoms with Crippen molar-refractivity contribution in [3.05, 3.63) is 71.7 Å². The highest BCUT2D eigenvalue weighted by Crippen LogP contribution is 2.30. The van der Waals surface area contributed by atoms with Gasteiger partial charge in [0.2, 0.25) is 11.4 Å². The lowest BCUT2D eigenvalue weighted by atomic mass is 10.1. The number of rotatable bonds is 4. The van der Waals surface area contributed by atoms with E-state index in [0.717, 1.165) is 34.0 Å². The van der Waals surface area contributed by atoms with E-state index in [1.807, 2.05) is 31.2 Å². The maximum absolute atomic E-state index is 6.19. The Balaban J connectivity index is 1.88. The zero-order valence-electron chi connectivity index (χ0n) is 15.7. The highest BCUT2D eigenvalue weighted by atomic mass is 16.5. The van der Waals surface area contributed by atoms with Crippen LogP contribution < -0.4 is 15.0 Å². The Bertz CT molecular complexity index is 1060. The minimum Gasteiger partial charge on any atom is -0.497 e. The molecular formula is C21H22N5O+. The monoisotopic (exact) mass is 360 g/mol. The molecule has 0 atom stereocenters. The number of ether oxygens (including phenoxy) is 1. The van der Waals surface area contributed by atoms with Crippen LogP contribution in [0.15, 0.2) is 65.4 Å². The number of nitrogens with two attached hydrogens (primary N) is 1. The smallest absolute Gasteiger partial charge is 0.237 e. The number of hydrogen-bond acceptors (Lipinski definition) is 4. The van der Waals surface area contributed by atoms with Crippen molar-refractivity contribution < 1.29 is 9.30 Å². The first-order valence-corrected chi connectivity index (χ1v) is 8.91. The van der Waals surface area contributed by atoms with E-state index in [1.165, 1.54) is 0 Å². The SMILES string of the molecule is CCn1ncc(/N=C2\C(C)=C(c3ccc(OC)cc3)[n+]3ccccc32)c1N. The number of benzene rings is 1. The fourth-order valence-electron chi connectivity index (χ4n) is 3.41. The number of nitrogen functional groups attached to an aromatic ring is 1. The van der Waals surface area contributed by atoms with Crippen LogP contribution in [0.5, 0.6) is 5.75 Å². The molecule has 1 aliphatic rings. The van der Waals surface area contributed by atoms with Crippen molar-refractivity contribution in [1.29, 1.82) is 0 Å². The quantitative estimate of drug-likeness (QED) is 0.727. The molecule has 27 heavy (non-hydrogen) atoms. The van der Waals surface area contributed by atoms with Gasteiger partial charge in [-0.15, -0.1) is 0 Å². The minimum atomic E-state index is 0.582. The predicted octanol–water partition coefficient (Wildman–Crippen LogP) is 3.20. The molecule has 4 rings (SSSR count). The van der Waals surface area contributed by atoms with Gasteiger partial charge in [0.15, 0.2) is 6.20 Å². The number of methoxy groups -OCH3 is 1. The molecule has 3 aromatic rings. The van der Waals surface area contributed by atoms with Gasteiger partial charge < -0.3 is 10.5 Å². The average molecular weight is 360 g/mol. The van der Waals surface area contributed by atoms with Gasteiger partial charge in [-0.05, 0) is 44.2 Å². The number of fused-ring (bicyclic) bond motifs is 1. The van der Waals surface area contributed by atoms with E-state index in [1.54, 1.807) is 18.0 Å². The number of aliphatic imine (C=N–C) groups is 1. The molecule has 6 nitrogen and oxygen atoms in total. The summed E-state index contributed by atoms with van der Waals surface area (Å²) in [5.74, 6) is 1.42. The lowest BCUT2D eigenvalue weighted by Gasteiger charge is -2.02. The Labute approximate surface area is 158 Å². The van der Waals surface area contributed by atoms with Crippen LogP contribution in [0.25, 0.3) is 5.70 Å². The largest absolute Gasteiger partial charge is 0.497 e. The molecule has 2 aromatic heterocycles. The Morgan fingerprint density at radius 2 is 1.96 bits per heavy atom. The Morgan fingerprint density at radius 1 is 1.19 bits per heavy atom. The zero-order chi connectivity index (χ0) is 19.0. The number of anilines is 1. The van der Waals surface area contributed by atoms with E-state index < -0.39 is 0 Å². The van der Waals surface area contributed by atoms with Gasteiger partial charge >= 0.3 is 0 Å². The molecule has 1 aromatic carbocycles. The number of nitrogens with zero attached hydrogens (tertiary/aromatic N) is 4. The third kappa shape index (κ3) is 2.79. The number of allylic oxidation sites excluding steroid dienone is 1. The molecule has 0 bridgehead atoms. The van der Waals surface area contributed by atoms with Crippen molar-refractivity contribution in [1.82, 2.24) is 9.78 Å². The first kappa shape index (κ1) is 17.0. The van der Waals surface area contributed by atoms with Crippen LogP contribution in [0.2, 0.25) is 0 Å². The van der Waals surface area contributed by atoms with Crippen molar-refractivity contribution >= 4 is 22.9 Å². The maximum Gasteiger partial charge on any atom is 0.237 e. The summed E-state index contributed by atoms with van der Waals surface area (Å²) >= 11 is 0. The molecular weight excluding hydrogens is 338 g/mol. The third-order valence-corrected chi connectivity index (χ3v) is 4.81. The van der Waals surface area contributed by atoms with E-state index >= 15 is 0 Å². The zero-order valence-corrected chi connectivity index (χ0v) is 15.7. The van der Waals surface area contributed by atoms with Crippen molar-refractivity contribution in [3.63, 3.8) is 0 Å². The molecule has 0 unspecified atom stereocenters. The maximum atomic E-state index is 6.19. The summed E-state index contributed by atoms with van der Waals surface area (Å²) in [6.45, 7) is 4.81. The highest BCUT2D eigenvalue weighted by Gasteiger charge is 2.34. The molecule has 2 N–H and O–H groups in total. The number of pyridine rings is 1. The van der Waals surface area contributed by atoms with Gasteiger partial charge in [0.05, 0.1) is 18.9 Å². The summed E-state index contributed by atoms with van der Waals surface area (Å²) in [5.41, 5.74) is 12.1. The summed E-state index contributed by atoms with van der Waals surface area (Å²) in [4.78, 5) is 4.86. The second-order valence-corrected chi connectivity index (χ2v) is 6.35. The van der Waals surface area contributed by atoms with E-state index in [4.69, 9.17) is 15.5 Å². The van der Waals surface area contributed by atoms with Gasteiger partial charge in [0.1, 0.15) is 23.0 Å². The normalized spacial score (nSPS) is 14.7. The topological polar surface area (TPSA) is 69.3 Å². The molecule has 0 radical (unpaired) electrons. The van der Waals surface area contributed by atoms with Gasteiger partial charge in [-0.1, -0.05) is 0 Å². The lowest BCUT2D eigenvalue weighted by molar-refractivity contribution is -0.577. The van der Waals surface area contributed by atoms with Crippen LogP contribution in [0, 0.1) is 0 Å². The number of aromatic nitrogens is 3. The minimum absolute atomic E-state index is 0.582. The Morgan fingerprint density at radius 3 is 2.63 bits per heavy atom. The van der Waals surface area contributed by atoms with Crippen molar-refractivity contribution in [2.45, 2.75) is 20.4 Å². The Kier molecular flexibility index (Phi) is 4.24. The van der Waals surface area contributed by atoms with E-state index in [2.05, 4.69) is 41.0 Å². The fraction of sp³-hybridized carbons (Fsp3) is 0.190. The van der Waals surface area contributed by atoms with Crippen molar-refractivity contribution in [2.24, 2.45) is 4.99 Å². The van der Waals surface area contributed by atoms with E-state index in [0.29, 0.717) is 18.1 Å².